The number of halogens is 1. The lowest BCUT2D eigenvalue weighted by molar-refractivity contribution is 0.0781. The van der Waals surface area contributed by atoms with Crippen LogP contribution in [0.5, 0.6) is 11.5 Å². The molecule has 30 heavy (non-hydrogen) atoms. The van der Waals surface area contributed by atoms with Gasteiger partial charge in [-0.15, -0.1) is 0 Å². The SMILES string of the molecule is O=C(c1ccc2c(c1)OCO2)N1CC(CN2CCCCC2)C(c2ccc(F)cc2)C1. The summed E-state index contributed by atoms with van der Waals surface area (Å²) in [5, 5.41) is 0. The third-order valence-electron chi connectivity index (χ3n) is 6.59. The van der Waals surface area contributed by atoms with Crippen molar-refractivity contribution < 1.29 is 18.7 Å². The van der Waals surface area contributed by atoms with Gasteiger partial charge in [-0.25, -0.2) is 4.39 Å². The highest BCUT2D eigenvalue weighted by molar-refractivity contribution is 5.95. The van der Waals surface area contributed by atoms with Crippen LogP contribution >= 0.6 is 0 Å². The highest BCUT2D eigenvalue weighted by Gasteiger charge is 2.37. The van der Waals surface area contributed by atoms with Gasteiger partial charge in [0.15, 0.2) is 11.5 Å². The van der Waals surface area contributed by atoms with Gasteiger partial charge in [0.05, 0.1) is 0 Å². The highest BCUT2D eigenvalue weighted by atomic mass is 19.1. The van der Waals surface area contributed by atoms with Crippen molar-refractivity contribution in [2.24, 2.45) is 5.92 Å². The van der Waals surface area contributed by atoms with E-state index in [1.807, 2.05) is 17.0 Å². The molecule has 0 spiro atoms. The maximum absolute atomic E-state index is 13.5. The van der Waals surface area contributed by atoms with Gasteiger partial charge in [-0.3, -0.25) is 4.79 Å². The van der Waals surface area contributed by atoms with Gasteiger partial charge in [0.25, 0.3) is 5.91 Å². The zero-order valence-corrected chi connectivity index (χ0v) is 17.1. The first-order valence-corrected chi connectivity index (χ1v) is 10.8. The molecule has 3 heterocycles. The second kappa shape index (κ2) is 8.26. The first-order chi connectivity index (χ1) is 14.7. The van der Waals surface area contributed by atoms with Crippen molar-refractivity contribution in [3.63, 3.8) is 0 Å². The lowest BCUT2D eigenvalue weighted by Crippen LogP contribution is -2.36. The summed E-state index contributed by atoms with van der Waals surface area (Å²) in [4.78, 5) is 17.7. The first-order valence-electron chi connectivity index (χ1n) is 10.8. The number of benzene rings is 2. The molecular weight excluding hydrogens is 383 g/mol. The van der Waals surface area contributed by atoms with E-state index in [0.29, 0.717) is 36.1 Å². The van der Waals surface area contributed by atoms with E-state index in [9.17, 15) is 9.18 Å². The van der Waals surface area contributed by atoms with Gasteiger partial charge in [-0.2, -0.15) is 0 Å². The van der Waals surface area contributed by atoms with Crippen LogP contribution in [0.1, 0.15) is 41.1 Å². The lowest BCUT2D eigenvalue weighted by Gasteiger charge is -2.31. The van der Waals surface area contributed by atoms with Gasteiger partial charge in [-0.05, 0) is 67.7 Å². The summed E-state index contributed by atoms with van der Waals surface area (Å²) < 4.78 is 24.3. The van der Waals surface area contributed by atoms with Crippen molar-refractivity contribution in [1.82, 2.24) is 9.80 Å². The second-order valence-corrected chi connectivity index (χ2v) is 8.56. The Bertz CT molecular complexity index is 911. The van der Waals surface area contributed by atoms with Crippen LogP contribution in [0.25, 0.3) is 0 Å². The third kappa shape index (κ3) is 3.88. The minimum Gasteiger partial charge on any atom is -0.454 e. The summed E-state index contributed by atoms with van der Waals surface area (Å²) in [5.74, 6) is 1.65. The molecule has 5 nitrogen and oxygen atoms in total. The maximum atomic E-state index is 13.5. The van der Waals surface area contributed by atoms with Crippen molar-refractivity contribution in [3.05, 3.63) is 59.4 Å². The molecule has 2 atom stereocenters. The Kier molecular flexibility index (Phi) is 5.34. The van der Waals surface area contributed by atoms with E-state index >= 15 is 0 Å². The number of piperidine rings is 1. The fraction of sp³-hybridized carbons (Fsp3) is 0.458. The third-order valence-corrected chi connectivity index (χ3v) is 6.59. The highest BCUT2D eigenvalue weighted by Crippen LogP contribution is 2.37. The van der Waals surface area contributed by atoms with E-state index in [4.69, 9.17) is 9.47 Å². The molecule has 2 fully saturated rings. The second-order valence-electron chi connectivity index (χ2n) is 8.56. The average molecular weight is 410 g/mol. The molecule has 0 saturated carbocycles. The standard InChI is InChI=1S/C24H27FN2O3/c25-20-7-4-17(5-8-20)21-15-27(14-19(21)13-26-10-2-1-3-11-26)24(28)18-6-9-22-23(12-18)30-16-29-22/h4-9,12,19,21H,1-3,10-11,13-16H2. The van der Waals surface area contributed by atoms with Crippen molar-refractivity contribution in [3.8, 4) is 11.5 Å². The van der Waals surface area contributed by atoms with Gasteiger partial charge in [-0.1, -0.05) is 18.6 Å². The smallest absolute Gasteiger partial charge is 0.254 e. The molecule has 0 aromatic heterocycles. The summed E-state index contributed by atoms with van der Waals surface area (Å²) in [7, 11) is 0. The Hall–Kier alpha value is -2.60. The number of fused-ring (bicyclic) bond motifs is 1. The molecule has 5 rings (SSSR count). The molecular formula is C24H27FN2O3. The molecule has 6 heteroatoms. The number of ether oxygens (including phenoxy) is 2. The minimum atomic E-state index is -0.224. The van der Waals surface area contributed by atoms with Gasteiger partial charge < -0.3 is 19.3 Å². The van der Waals surface area contributed by atoms with Gasteiger partial charge in [0.1, 0.15) is 5.82 Å². The van der Waals surface area contributed by atoms with Crippen molar-refractivity contribution in [2.75, 3.05) is 39.5 Å². The molecule has 2 unspecified atom stereocenters. The normalized spacial score (nSPS) is 23.7. The maximum Gasteiger partial charge on any atom is 0.254 e. The topological polar surface area (TPSA) is 42.0 Å². The predicted octanol–water partition coefficient (Wildman–Crippen LogP) is 3.90. The Morgan fingerprint density at radius 3 is 2.53 bits per heavy atom. The first kappa shape index (κ1) is 19.4. The Balaban J connectivity index is 1.36. The molecule has 2 saturated heterocycles. The van der Waals surface area contributed by atoms with Crippen LogP contribution in [0.15, 0.2) is 42.5 Å². The quantitative estimate of drug-likeness (QED) is 0.767. The summed E-state index contributed by atoms with van der Waals surface area (Å²) in [6.07, 6.45) is 3.79. The largest absolute Gasteiger partial charge is 0.454 e. The van der Waals surface area contributed by atoms with Crippen LogP contribution in [0.4, 0.5) is 4.39 Å². The number of nitrogens with zero attached hydrogens (tertiary/aromatic N) is 2. The Labute approximate surface area is 176 Å². The zero-order valence-electron chi connectivity index (χ0n) is 17.1. The van der Waals surface area contributed by atoms with E-state index in [0.717, 1.165) is 25.2 Å². The van der Waals surface area contributed by atoms with Crippen molar-refractivity contribution in [2.45, 2.75) is 25.2 Å². The predicted molar refractivity (Wildman–Crippen MR) is 111 cm³/mol. The number of amides is 1. The van der Waals surface area contributed by atoms with Crippen molar-refractivity contribution in [1.29, 1.82) is 0 Å². The molecule has 0 N–H and O–H groups in total. The summed E-state index contributed by atoms with van der Waals surface area (Å²) in [5.41, 5.74) is 1.73. The van der Waals surface area contributed by atoms with Crippen LogP contribution in [0.3, 0.4) is 0 Å². The number of rotatable bonds is 4. The van der Waals surface area contributed by atoms with Crippen LogP contribution in [0, 0.1) is 11.7 Å². The van der Waals surface area contributed by atoms with Crippen molar-refractivity contribution >= 4 is 5.91 Å². The molecule has 0 bridgehead atoms. The fourth-order valence-corrected chi connectivity index (χ4v) is 5.00. The summed E-state index contributed by atoms with van der Waals surface area (Å²) in [6.45, 7) is 4.79. The number of hydrogen-bond donors (Lipinski definition) is 0. The van der Waals surface area contributed by atoms with E-state index in [1.54, 1.807) is 18.2 Å². The molecule has 2 aromatic carbocycles. The molecule has 158 valence electrons. The van der Waals surface area contributed by atoms with E-state index < -0.39 is 0 Å². The van der Waals surface area contributed by atoms with Crippen LogP contribution in [-0.4, -0.2) is 55.2 Å². The molecule has 0 radical (unpaired) electrons. The van der Waals surface area contributed by atoms with Crippen LogP contribution in [-0.2, 0) is 0 Å². The monoisotopic (exact) mass is 410 g/mol. The van der Waals surface area contributed by atoms with Crippen LogP contribution in [0.2, 0.25) is 0 Å². The number of hydrogen-bond acceptors (Lipinski definition) is 4. The Morgan fingerprint density at radius 2 is 1.73 bits per heavy atom. The molecule has 0 aliphatic carbocycles. The number of carbonyl (C=O) groups excluding carboxylic acids is 1. The Morgan fingerprint density at radius 1 is 0.967 bits per heavy atom. The zero-order chi connectivity index (χ0) is 20.5. The fourth-order valence-electron chi connectivity index (χ4n) is 5.00. The molecule has 3 aliphatic rings. The number of carbonyl (C=O) groups is 1. The van der Waals surface area contributed by atoms with E-state index in [2.05, 4.69) is 4.90 Å². The van der Waals surface area contributed by atoms with Gasteiger partial charge in [0, 0.05) is 31.1 Å². The molecule has 1 amide bonds. The molecule has 3 aliphatic heterocycles. The van der Waals surface area contributed by atoms with E-state index in [-0.39, 0.29) is 24.4 Å². The van der Waals surface area contributed by atoms with Gasteiger partial charge in [0.2, 0.25) is 6.79 Å². The lowest BCUT2D eigenvalue weighted by atomic mass is 9.88. The van der Waals surface area contributed by atoms with Gasteiger partial charge >= 0.3 is 0 Å². The summed E-state index contributed by atoms with van der Waals surface area (Å²) >= 11 is 0. The minimum absolute atomic E-state index is 0.0153. The van der Waals surface area contributed by atoms with Crippen LogP contribution < -0.4 is 9.47 Å². The number of likely N-dealkylation sites (tertiary alicyclic amines) is 2. The average Bonchev–Trinajstić information content (AvgIpc) is 3.41. The molecule has 2 aromatic rings. The summed E-state index contributed by atoms with van der Waals surface area (Å²) in [6, 6.07) is 12.2. The van der Waals surface area contributed by atoms with E-state index in [1.165, 1.54) is 31.4 Å².